The van der Waals surface area contributed by atoms with Crippen molar-refractivity contribution in [2.24, 2.45) is 11.7 Å². The number of amides is 1. The predicted octanol–water partition coefficient (Wildman–Crippen LogP) is 3.56. The summed E-state index contributed by atoms with van der Waals surface area (Å²) >= 11 is 0. The van der Waals surface area contributed by atoms with Gasteiger partial charge in [-0.2, -0.15) is 5.26 Å². The molecule has 35 heavy (non-hydrogen) atoms. The molecule has 0 saturated carbocycles. The van der Waals surface area contributed by atoms with Crippen LogP contribution in [-0.4, -0.2) is 59.4 Å². The first-order valence-corrected chi connectivity index (χ1v) is 11.6. The third kappa shape index (κ3) is 6.58. The molecule has 0 spiro atoms. The van der Waals surface area contributed by atoms with Crippen LogP contribution in [0, 0.1) is 17.2 Å². The molecule has 0 heterocycles. The van der Waals surface area contributed by atoms with E-state index in [0.717, 1.165) is 25.1 Å². The zero-order chi connectivity index (χ0) is 26.0. The number of nitrogens with two attached hydrogens (primary N) is 1. The van der Waals surface area contributed by atoms with Crippen LogP contribution >= 0.6 is 0 Å². The lowest BCUT2D eigenvalue weighted by atomic mass is 9.68. The van der Waals surface area contributed by atoms with Crippen LogP contribution < -0.4 is 24.7 Å². The smallest absolute Gasteiger partial charge is 0.222 e. The molecule has 0 radical (unpaired) electrons. The average Bonchev–Trinajstić information content (AvgIpc) is 2.88. The second kappa shape index (κ2) is 12.9. The first-order chi connectivity index (χ1) is 16.8. The summed E-state index contributed by atoms with van der Waals surface area (Å²) in [6.45, 7) is 3.30. The standard InChI is InChI=1S/C27H37N3O5/c1-19(26(29)31)27(18-28,21-9-11-23(33-4)25(17-21)35-6)13-7-14-30(2)15-12-20-8-10-22(32-3)24(16-20)34-5/h8-11,16-17,19H,7,12-15H2,1-6H3,(H2,29,31)/t19?,27-/m0/s1. The first-order valence-electron chi connectivity index (χ1n) is 11.6. The number of carbonyl (C=O) groups is 1. The number of rotatable bonds is 14. The minimum atomic E-state index is -1.07. The predicted molar refractivity (Wildman–Crippen MR) is 135 cm³/mol. The number of likely N-dealkylation sites (N-methyl/N-ethyl adjacent to an activating group) is 1. The van der Waals surface area contributed by atoms with Crippen LogP contribution in [0.15, 0.2) is 36.4 Å². The molecular formula is C27H37N3O5. The third-order valence-electron chi connectivity index (χ3n) is 6.61. The molecule has 8 nitrogen and oxygen atoms in total. The summed E-state index contributed by atoms with van der Waals surface area (Å²) in [5.74, 6) is 1.29. The van der Waals surface area contributed by atoms with Gasteiger partial charge in [-0.15, -0.1) is 0 Å². The summed E-state index contributed by atoms with van der Waals surface area (Å²) in [6, 6.07) is 13.7. The zero-order valence-corrected chi connectivity index (χ0v) is 21.6. The van der Waals surface area contributed by atoms with Gasteiger partial charge in [-0.25, -0.2) is 0 Å². The number of carbonyl (C=O) groups excluding carboxylic acids is 1. The molecule has 0 bridgehead atoms. The summed E-state index contributed by atoms with van der Waals surface area (Å²) in [7, 11) is 8.39. The topological polar surface area (TPSA) is 107 Å². The van der Waals surface area contributed by atoms with Gasteiger partial charge in [-0.3, -0.25) is 4.79 Å². The number of hydrogen-bond donors (Lipinski definition) is 1. The summed E-state index contributed by atoms with van der Waals surface area (Å²) in [6.07, 6.45) is 2.03. The Balaban J connectivity index is 2.12. The molecule has 2 N–H and O–H groups in total. The quantitative estimate of drug-likeness (QED) is 0.438. The van der Waals surface area contributed by atoms with Gasteiger partial charge < -0.3 is 29.6 Å². The fourth-order valence-corrected chi connectivity index (χ4v) is 4.28. The van der Waals surface area contributed by atoms with E-state index in [0.29, 0.717) is 41.4 Å². The molecule has 2 aromatic rings. The second-order valence-electron chi connectivity index (χ2n) is 8.62. The van der Waals surface area contributed by atoms with Gasteiger partial charge in [-0.05, 0) is 68.2 Å². The lowest BCUT2D eigenvalue weighted by Gasteiger charge is -2.32. The number of methoxy groups -OCH3 is 4. The van der Waals surface area contributed by atoms with Gasteiger partial charge in [0.25, 0.3) is 0 Å². The van der Waals surface area contributed by atoms with Gasteiger partial charge in [0.05, 0.1) is 45.8 Å². The van der Waals surface area contributed by atoms with Crippen molar-refractivity contribution in [2.75, 3.05) is 48.6 Å². The van der Waals surface area contributed by atoms with Crippen LogP contribution in [-0.2, 0) is 16.6 Å². The van der Waals surface area contributed by atoms with Crippen LogP contribution in [0.25, 0.3) is 0 Å². The van der Waals surface area contributed by atoms with Crippen molar-refractivity contribution in [3.8, 4) is 29.1 Å². The number of nitrogens with zero attached hydrogens (tertiary/aromatic N) is 2. The van der Waals surface area contributed by atoms with Gasteiger partial charge in [0.2, 0.25) is 5.91 Å². The highest BCUT2D eigenvalue weighted by molar-refractivity contribution is 5.79. The normalized spacial score (nSPS) is 13.4. The van der Waals surface area contributed by atoms with Gasteiger partial charge in [0.1, 0.15) is 0 Å². The Morgan fingerprint density at radius 1 is 0.971 bits per heavy atom. The molecule has 2 atom stereocenters. The van der Waals surface area contributed by atoms with Crippen molar-refractivity contribution in [2.45, 2.75) is 31.6 Å². The summed E-state index contributed by atoms with van der Waals surface area (Å²) in [5, 5.41) is 10.3. The molecule has 0 aliphatic carbocycles. The molecule has 1 unspecified atom stereocenters. The van der Waals surface area contributed by atoms with Crippen molar-refractivity contribution in [1.29, 1.82) is 5.26 Å². The van der Waals surface area contributed by atoms with Crippen molar-refractivity contribution in [1.82, 2.24) is 4.90 Å². The molecule has 0 aliphatic heterocycles. The van der Waals surface area contributed by atoms with Crippen LogP contribution in [0.3, 0.4) is 0 Å². The highest BCUT2D eigenvalue weighted by atomic mass is 16.5. The molecule has 2 rings (SSSR count). The molecule has 190 valence electrons. The Morgan fingerprint density at radius 2 is 1.54 bits per heavy atom. The van der Waals surface area contributed by atoms with Crippen molar-refractivity contribution >= 4 is 5.91 Å². The Kier molecular flexibility index (Phi) is 10.2. The molecule has 2 aromatic carbocycles. The summed E-state index contributed by atoms with van der Waals surface area (Å²) < 4.78 is 21.4. The third-order valence-corrected chi connectivity index (χ3v) is 6.61. The van der Waals surface area contributed by atoms with E-state index in [2.05, 4.69) is 11.0 Å². The van der Waals surface area contributed by atoms with Gasteiger partial charge in [-0.1, -0.05) is 19.1 Å². The van der Waals surface area contributed by atoms with E-state index in [-0.39, 0.29) is 0 Å². The zero-order valence-electron chi connectivity index (χ0n) is 21.6. The average molecular weight is 484 g/mol. The van der Waals surface area contributed by atoms with Crippen molar-refractivity contribution in [3.63, 3.8) is 0 Å². The van der Waals surface area contributed by atoms with Crippen LogP contribution in [0.5, 0.6) is 23.0 Å². The second-order valence-corrected chi connectivity index (χ2v) is 8.62. The maximum atomic E-state index is 12.2. The van der Waals surface area contributed by atoms with Crippen molar-refractivity contribution < 1.29 is 23.7 Å². The monoisotopic (exact) mass is 483 g/mol. The number of primary amides is 1. The van der Waals surface area contributed by atoms with Gasteiger partial charge in [0.15, 0.2) is 23.0 Å². The lowest BCUT2D eigenvalue weighted by Crippen LogP contribution is -2.41. The highest BCUT2D eigenvalue weighted by Crippen LogP contribution is 2.40. The Morgan fingerprint density at radius 3 is 2.09 bits per heavy atom. The number of hydrogen-bond acceptors (Lipinski definition) is 7. The van der Waals surface area contributed by atoms with Crippen molar-refractivity contribution in [3.05, 3.63) is 47.5 Å². The maximum Gasteiger partial charge on any atom is 0.222 e. The molecular weight excluding hydrogens is 446 g/mol. The van der Waals surface area contributed by atoms with Crippen LogP contribution in [0.2, 0.25) is 0 Å². The SMILES string of the molecule is COc1ccc(CCN(C)CCC[C@@](C#N)(c2ccc(OC)c(OC)c2)C(C)C(N)=O)cc1OC. The fraction of sp³-hybridized carbons (Fsp3) is 0.481. The van der Waals surface area contributed by atoms with Gasteiger partial charge >= 0.3 is 0 Å². The van der Waals surface area contributed by atoms with E-state index in [1.807, 2.05) is 31.3 Å². The lowest BCUT2D eigenvalue weighted by molar-refractivity contribution is -0.122. The molecule has 0 saturated heterocycles. The number of nitriles is 1. The van der Waals surface area contributed by atoms with Gasteiger partial charge in [0, 0.05) is 6.54 Å². The molecule has 0 aliphatic rings. The van der Waals surface area contributed by atoms with E-state index in [1.54, 1.807) is 47.5 Å². The number of benzene rings is 2. The van der Waals surface area contributed by atoms with E-state index < -0.39 is 17.2 Å². The largest absolute Gasteiger partial charge is 0.493 e. The minimum Gasteiger partial charge on any atom is -0.493 e. The van der Waals surface area contributed by atoms with Crippen LogP contribution in [0.1, 0.15) is 30.9 Å². The molecule has 0 fully saturated rings. The van der Waals surface area contributed by atoms with E-state index >= 15 is 0 Å². The fourth-order valence-electron chi connectivity index (χ4n) is 4.28. The number of ether oxygens (including phenoxy) is 4. The highest BCUT2D eigenvalue weighted by Gasteiger charge is 2.41. The maximum absolute atomic E-state index is 12.2. The Hall–Kier alpha value is -3.44. The molecule has 8 heteroatoms. The van der Waals surface area contributed by atoms with Crippen LogP contribution in [0.4, 0.5) is 0 Å². The Bertz CT molecular complexity index is 1040. The summed E-state index contributed by atoms with van der Waals surface area (Å²) in [5.41, 5.74) is 6.44. The summed E-state index contributed by atoms with van der Waals surface area (Å²) in [4.78, 5) is 14.4. The Labute approximate surface area is 208 Å². The molecule has 0 aromatic heterocycles. The molecule has 1 amide bonds. The minimum absolute atomic E-state index is 0.476. The van der Waals surface area contributed by atoms with E-state index in [4.69, 9.17) is 24.7 Å². The first kappa shape index (κ1) is 27.8. The van der Waals surface area contributed by atoms with E-state index in [9.17, 15) is 10.1 Å². The van der Waals surface area contributed by atoms with E-state index in [1.165, 1.54) is 0 Å².